The molecule has 1 unspecified atom stereocenters. The molecule has 3 rings (SSSR count). The van der Waals surface area contributed by atoms with E-state index in [0.717, 1.165) is 19.0 Å². The van der Waals surface area contributed by atoms with E-state index < -0.39 is 0 Å². The van der Waals surface area contributed by atoms with Crippen LogP contribution in [0.4, 0.5) is 5.69 Å². The summed E-state index contributed by atoms with van der Waals surface area (Å²) in [7, 11) is 0. The smallest absolute Gasteiger partial charge is 0.240 e. The molecule has 1 fully saturated rings. The number of ether oxygens (including phenoxy) is 1. The summed E-state index contributed by atoms with van der Waals surface area (Å²) in [4.78, 5) is 27.9. The number of amides is 2. The van der Waals surface area contributed by atoms with E-state index in [1.165, 1.54) is 30.7 Å². The second-order valence-corrected chi connectivity index (χ2v) is 7.30. The van der Waals surface area contributed by atoms with Crippen molar-refractivity contribution < 1.29 is 19.2 Å². The minimum Gasteiger partial charge on any atom is -0.491 e. The molecular weight excluding hydrogens is 330 g/mol. The van der Waals surface area contributed by atoms with Gasteiger partial charge in [-0.2, -0.15) is 0 Å². The van der Waals surface area contributed by atoms with Crippen molar-refractivity contribution in [1.82, 2.24) is 5.32 Å². The molecule has 2 N–H and O–H groups in total. The van der Waals surface area contributed by atoms with Gasteiger partial charge >= 0.3 is 0 Å². The van der Waals surface area contributed by atoms with Crippen LogP contribution < -0.4 is 19.9 Å². The van der Waals surface area contributed by atoms with E-state index in [1.54, 1.807) is 4.90 Å². The zero-order chi connectivity index (χ0) is 18.4. The van der Waals surface area contributed by atoms with Crippen LogP contribution in [-0.2, 0) is 9.59 Å². The van der Waals surface area contributed by atoms with Crippen LogP contribution >= 0.6 is 0 Å². The van der Waals surface area contributed by atoms with E-state index >= 15 is 0 Å². The maximum absolute atomic E-state index is 12.3. The molecule has 6 heteroatoms. The number of likely N-dealkylation sites (tertiary alicyclic amines) is 1. The van der Waals surface area contributed by atoms with E-state index in [9.17, 15) is 9.59 Å². The average Bonchev–Trinajstić information content (AvgIpc) is 2.79. The summed E-state index contributed by atoms with van der Waals surface area (Å²) >= 11 is 0. The normalized spacial score (nSPS) is 23.0. The Morgan fingerprint density at radius 2 is 2.19 bits per heavy atom. The number of nitrogens with zero attached hydrogens (tertiary/aromatic N) is 1. The largest absolute Gasteiger partial charge is 0.491 e. The topological polar surface area (TPSA) is 63.1 Å². The lowest BCUT2D eigenvalue weighted by Crippen LogP contribution is -3.16. The van der Waals surface area contributed by atoms with E-state index in [4.69, 9.17) is 4.74 Å². The van der Waals surface area contributed by atoms with Gasteiger partial charge in [0.2, 0.25) is 11.8 Å². The van der Waals surface area contributed by atoms with E-state index in [1.807, 2.05) is 24.3 Å². The molecule has 2 atom stereocenters. The molecule has 0 aliphatic carbocycles. The van der Waals surface area contributed by atoms with Gasteiger partial charge in [-0.25, -0.2) is 0 Å². The third kappa shape index (κ3) is 4.75. The van der Waals surface area contributed by atoms with Crippen molar-refractivity contribution in [2.45, 2.75) is 45.1 Å². The zero-order valence-electron chi connectivity index (χ0n) is 15.6. The Morgan fingerprint density at radius 3 is 3.04 bits per heavy atom. The fourth-order valence-corrected chi connectivity index (χ4v) is 3.86. The summed E-state index contributed by atoms with van der Waals surface area (Å²) in [6.45, 7) is 5.72. The Kier molecular flexibility index (Phi) is 6.50. The molecular formula is C20H30N3O3+. The van der Waals surface area contributed by atoms with Gasteiger partial charge in [0, 0.05) is 13.0 Å². The minimum atomic E-state index is -0.114. The van der Waals surface area contributed by atoms with E-state index in [0.29, 0.717) is 24.6 Å². The standard InChI is InChI=1S/C20H29N3O3/c1-16-7-4-5-12-22(16)13-6-11-21-19(24)15-23-17-8-2-3-9-18(17)26-14-10-20(23)25/h2-3,8-9,16H,4-7,10-15H2,1H3,(H,21,24)/p+1/t16-/m0/s1. The molecule has 0 aromatic heterocycles. The van der Waals surface area contributed by atoms with Crippen LogP contribution in [0.1, 0.15) is 39.0 Å². The number of benzene rings is 1. The molecule has 1 aromatic carbocycles. The van der Waals surface area contributed by atoms with E-state index in [-0.39, 0.29) is 24.8 Å². The SMILES string of the molecule is C[C@H]1CCCC[NH+]1CCCNC(=O)CN1C(=O)CCOc2ccccc21. The summed E-state index contributed by atoms with van der Waals surface area (Å²) in [6.07, 6.45) is 5.22. The number of piperidine rings is 1. The van der Waals surface area contributed by atoms with Crippen molar-refractivity contribution >= 4 is 17.5 Å². The molecule has 1 aromatic rings. The van der Waals surface area contributed by atoms with Crippen molar-refractivity contribution in [1.29, 1.82) is 0 Å². The summed E-state index contributed by atoms with van der Waals surface area (Å²) in [5.41, 5.74) is 0.678. The molecule has 1 saturated heterocycles. The van der Waals surface area contributed by atoms with Gasteiger partial charge in [-0.1, -0.05) is 12.1 Å². The first kappa shape index (κ1) is 18.7. The Bertz CT molecular complexity index is 634. The van der Waals surface area contributed by atoms with Crippen molar-refractivity contribution in [2.24, 2.45) is 0 Å². The van der Waals surface area contributed by atoms with Gasteiger partial charge in [0.05, 0.1) is 37.8 Å². The molecule has 0 radical (unpaired) electrons. The maximum atomic E-state index is 12.3. The van der Waals surface area contributed by atoms with Gasteiger partial charge in [0.25, 0.3) is 0 Å². The van der Waals surface area contributed by atoms with Crippen LogP contribution in [-0.4, -0.2) is 50.6 Å². The number of rotatable bonds is 6. The van der Waals surface area contributed by atoms with Gasteiger partial charge in [-0.05, 0) is 38.3 Å². The monoisotopic (exact) mass is 360 g/mol. The average molecular weight is 360 g/mol. The summed E-state index contributed by atoms with van der Waals surface area (Å²) in [5.74, 6) is 0.474. The summed E-state index contributed by atoms with van der Waals surface area (Å²) < 4.78 is 5.61. The number of hydrogen-bond donors (Lipinski definition) is 2. The Balaban J connectivity index is 1.47. The van der Waals surface area contributed by atoms with Crippen LogP contribution in [0.25, 0.3) is 0 Å². The van der Waals surface area contributed by atoms with Crippen LogP contribution in [0.3, 0.4) is 0 Å². The van der Waals surface area contributed by atoms with Crippen molar-refractivity contribution in [3.63, 3.8) is 0 Å². The quantitative estimate of drug-likeness (QED) is 0.737. The highest BCUT2D eigenvalue weighted by Gasteiger charge is 2.25. The number of carbonyl (C=O) groups is 2. The molecule has 142 valence electrons. The van der Waals surface area contributed by atoms with Crippen LogP contribution in [0.15, 0.2) is 24.3 Å². The minimum absolute atomic E-state index is 0.0478. The number of anilines is 1. The fourth-order valence-electron chi connectivity index (χ4n) is 3.86. The van der Waals surface area contributed by atoms with Crippen LogP contribution in [0.2, 0.25) is 0 Å². The number of carbonyl (C=O) groups excluding carboxylic acids is 2. The van der Waals surface area contributed by atoms with Gasteiger partial charge in [-0.3, -0.25) is 14.5 Å². The molecule has 0 spiro atoms. The molecule has 2 amide bonds. The first-order valence-corrected chi connectivity index (χ1v) is 9.78. The molecule has 2 aliphatic rings. The molecule has 2 heterocycles. The Hall–Kier alpha value is -2.08. The molecule has 6 nitrogen and oxygen atoms in total. The lowest BCUT2D eigenvalue weighted by atomic mass is 10.0. The first-order chi connectivity index (χ1) is 12.6. The molecule has 26 heavy (non-hydrogen) atoms. The number of quaternary nitrogens is 1. The Labute approximate surface area is 155 Å². The highest BCUT2D eigenvalue weighted by molar-refractivity contribution is 6.00. The third-order valence-electron chi connectivity index (χ3n) is 5.41. The van der Waals surface area contributed by atoms with Crippen LogP contribution in [0.5, 0.6) is 5.75 Å². The van der Waals surface area contributed by atoms with Crippen molar-refractivity contribution in [3.05, 3.63) is 24.3 Å². The lowest BCUT2D eigenvalue weighted by Gasteiger charge is -2.30. The van der Waals surface area contributed by atoms with Crippen molar-refractivity contribution in [3.8, 4) is 5.75 Å². The predicted octanol–water partition coefficient (Wildman–Crippen LogP) is 0.766. The van der Waals surface area contributed by atoms with Gasteiger partial charge in [0.15, 0.2) is 0 Å². The van der Waals surface area contributed by atoms with Gasteiger partial charge in [-0.15, -0.1) is 0 Å². The number of fused-ring (bicyclic) bond motifs is 1. The molecule has 0 bridgehead atoms. The summed E-state index contributed by atoms with van der Waals surface area (Å²) in [6, 6.07) is 8.12. The van der Waals surface area contributed by atoms with Crippen molar-refractivity contribution in [2.75, 3.05) is 37.7 Å². The first-order valence-electron chi connectivity index (χ1n) is 9.78. The van der Waals surface area contributed by atoms with E-state index in [2.05, 4.69) is 12.2 Å². The zero-order valence-corrected chi connectivity index (χ0v) is 15.6. The number of para-hydroxylation sites is 2. The van der Waals surface area contributed by atoms with Gasteiger partial charge in [0.1, 0.15) is 12.3 Å². The second kappa shape index (κ2) is 9.03. The molecule has 2 aliphatic heterocycles. The highest BCUT2D eigenvalue weighted by atomic mass is 16.5. The van der Waals surface area contributed by atoms with Gasteiger partial charge < -0.3 is 15.0 Å². The number of nitrogens with one attached hydrogen (secondary N) is 2. The Morgan fingerprint density at radius 1 is 1.35 bits per heavy atom. The second-order valence-electron chi connectivity index (χ2n) is 7.30. The predicted molar refractivity (Wildman–Crippen MR) is 101 cm³/mol. The maximum Gasteiger partial charge on any atom is 0.240 e. The highest BCUT2D eigenvalue weighted by Crippen LogP contribution is 2.30. The summed E-state index contributed by atoms with van der Waals surface area (Å²) in [5, 5.41) is 2.97. The van der Waals surface area contributed by atoms with Crippen LogP contribution in [0, 0.1) is 0 Å². The number of hydrogen-bond acceptors (Lipinski definition) is 3. The third-order valence-corrected chi connectivity index (χ3v) is 5.41. The molecule has 0 saturated carbocycles. The lowest BCUT2D eigenvalue weighted by molar-refractivity contribution is -0.928. The fraction of sp³-hybridized carbons (Fsp3) is 0.600.